The quantitative estimate of drug-likeness (QED) is 0.831. The molecule has 0 aliphatic carbocycles. The average molecular weight is 258 g/mol. The molecule has 2 heterocycles. The normalized spacial score (nSPS) is 19.4. The van der Waals surface area contributed by atoms with Crippen molar-refractivity contribution >= 4 is 5.69 Å². The molecule has 0 aromatic carbocycles. The Morgan fingerprint density at radius 1 is 1.53 bits per heavy atom. The van der Waals surface area contributed by atoms with E-state index >= 15 is 0 Å². The van der Waals surface area contributed by atoms with Gasteiger partial charge in [0.1, 0.15) is 6.07 Å². The zero-order valence-corrected chi connectivity index (χ0v) is 12.3. The van der Waals surface area contributed by atoms with E-state index in [4.69, 9.17) is 0 Å². The highest BCUT2D eigenvalue weighted by Crippen LogP contribution is 2.24. The SMILES string of the molecule is Cc1cc(N(C)CC2CCN(C)C2)c(C#N)c(C)n1. The first-order valence-corrected chi connectivity index (χ1v) is 6.79. The third kappa shape index (κ3) is 3.05. The fraction of sp³-hybridized carbons (Fsp3) is 0.600. The molecule has 0 bridgehead atoms. The number of likely N-dealkylation sites (tertiary alicyclic amines) is 1. The number of hydrogen-bond acceptors (Lipinski definition) is 4. The number of hydrogen-bond donors (Lipinski definition) is 0. The maximum atomic E-state index is 9.32. The molecule has 1 atom stereocenters. The van der Waals surface area contributed by atoms with E-state index in [1.807, 2.05) is 19.9 Å². The van der Waals surface area contributed by atoms with Crippen molar-refractivity contribution in [1.29, 1.82) is 5.26 Å². The van der Waals surface area contributed by atoms with Crippen LogP contribution in [0.3, 0.4) is 0 Å². The molecule has 0 N–H and O–H groups in total. The Bertz CT molecular complexity index is 504. The van der Waals surface area contributed by atoms with Crippen LogP contribution in [0.4, 0.5) is 5.69 Å². The number of rotatable bonds is 3. The lowest BCUT2D eigenvalue weighted by molar-refractivity contribution is 0.396. The summed E-state index contributed by atoms with van der Waals surface area (Å²) in [5, 5.41) is 9.32. The van der Waals surface area contributed by atoms with E-state index in [2.05, 4.69) is 34.9 Å². The second kappa shape index (κ2) is 5.58. The molecule has 1 saturated heterocycles. The van der Waals surface area contributed by atoms with E-state index in [9.17, 15) is 5.26 Å². The van der Waals surface area contributed by atoms with Crippen LogP contribution in [-0.2, 0) is 0 Å². The lowest BCUT2D eigenvalue weighted by atomic mass is 10.1. The minimum Gasteiger partial charge on any atom is -0.373 e. The first-order chi connectivity index (χ1) is 9.01. The van der Waals surface area contributed by atoms with Crippen molar-refractivity contribution in [1.82, 2.24) is 9.88 Å². The van der Waals surface area contributed by atoms with Crippen LogP contribution in [0, 0.1) is 31.1 Å². The number of aromatic nitrogens is 1. The van der Waals surface area contributed by atoms with Gasteiger partial charge in [-0.1, -0.05) is 0 Å². The Hall–Kier alpha value is -1.60. The van der Waals surface area contributed by atoms with Gasteiger partial charge in [-0.05, 0) is 45.8 Å². The largest absolute Gasteiger partial charge is 0.373 e. The molecule has 2 rings (SSSR count). The highest BCUT2D eigenvalue weighted by Gasteiger charge is 2.22. The van der Waals surface area contributed by atoms with Crippen LogP contribution in [0.5, 0.6) is 0 Å². The van der Waals surface area contributed by atoms with Crippen LogP contribution in [-0.4, -0.2) is 43.6 Å². The highest BCUT2D eigenvalue weighted by atomic mass is 15.2. The van der Waals surface area contributed by atoms with E-state index in [0.717, 1.165) is 30.2 Å². The summed E-state index contributed by atoms with van der Waals surface area (Å²) in [5.41, 5.74) is 3.52. The minimum absolute atomic E-state index is 0.690. The molecule has 1 unspecified atom stereocenters. The monoisotopic (exact) mass is 258 g/mol. The molecule has 4 nitrogen and oxygen atoms in total. The Labute approximate surface area is 115 Å². The Kier molecular flexibility index (Phi) is 4.06. The van der Waals surface area contributed by atoms with Crippen LogP contribution < -0.4 is 4.90 Å². The van der Waals surface area contributed by atoms with E-state index in [1.54, 1.807) is 0 Å². The number of anilines is 1. The van der Waals surface area contributed by atoms with Crippen molar-refractivity contribution in [3.05, 3.63) is 23.0 Å². The first-order valence-electron chi connectivity index (χ1n) is 6.79. The van der Waals surface area contributed by atoms with Crippen molar-refractivity contribution in [3.8, 4) is 6.07 Å². The zero-order valence-electron chi connectivity index (χ0n) is 12.3. The molecule has 1 aliphatic rings. The molecule has 102 valence electrons. The summed E-state index contributed by atoms with van der Waals surface area (Å²) in [6.07, 6.45) is 1.24. The fourth-order valence-corrected chi connectivity index (χ4v) is 2.91. The van der Waals surface area contributed by atoms with Gasteiger partial charge in [-0.15, -0.1) is 0 Å². The molecular weight excluding hydrogens is 236 g/mol. The Balaban J connectivity index is 2.19. The van der Waals surface area contributed by atoms with Gasteiger partial charge in [0.05, 0.1) is 16.9 Å². The fourth-order valence-electron chi connectivity index (χ4n) is 2.91. The van der Waals surface area contributed by atoms with Gasteiger partial charge in [-0.25, -0.2) is 0 Å². The summed E-state index contributed by atoms with van der Waals surface area (Å²) >= 11 is 0. The van der Waals surface area contributed by atoms with E-state index in [0.29, 0.717) is 11.5 Å². The number of aryl methyl sites for hydroxylation is 2. The summed E-state index contributed by atoms with van der Waals surface area (Å²) in [6.45, 7) is 7.22. The minimum atomic E-state index is 0.690. The van der Waals surface area contributed by atoms with Crippen LogP contribution in [0.1, 0.15) is 23.4 Å². The molecule has 0 amide bonds. The molecular formula is C15H22N4. The van der Waals surface area contributed by atoms with Crippen LogP contribution in [0.2, 0.25) is 0 Å². The zero-order chi connectivity index (χ0) is 14.0. The number of pyridine rings is 1. The third-order valence-electron chi connectivity index (χ3n) is 3.85. The van der Waals surface area contributed by atoms with Gasteiger partial charge in [0.15, 0.2) is 0 Å². The highest BCUT2D eigenvalue weighted by molar-refractivity contribution is 5.61. The van der Waals surface area contributed by atoms with Crippen LogP contribution in [0.25, 0.3) is 0 Å². The summed E-state index contributed by atoms with van der Waals surface area (Å²) in [7, 11) is 4.24. The lowest BCUT2D eigenvalue weighted by Crippen LogP contribution is -2.28. The second-order valence-corrected chi connectivity index (χ2v) is 5.65. The molecule has 1 aromatic heterocycles. The van der Waals surface area contributed by atoms with E-state index in [-0.39, 0.29) is 0 Å². The van der Waals surface area contributed by atoms with E-state index < -0.39 is 0 Å². The van der Waals surface area contributed by atoms with Crippen molar-refractivity contribution in [2.75, 3.05) is 38.6 Å². The van der Waals surface area contributed by atoms with Gasteiger partial charge in [-0.2, -0.15) is 5.26 Å². The van der Waals surface area contributed by atoms with Gasteiger partial charge in [-0.3, -0.25) is 4.98 Å². The molecule has 4 heteroatoms. The second-order valence-electron chi connectivity index (χ2n) is 5.65. The summed E-state index contributed by atoms with van der Waals surface area (Å²) in [4.78, 5) is 8.95. The van der Waals surface area contributed by atoms with Gasteiger partial charge in [0.25, 0.3) is 0 Å². The maximum absolute atomic E-state index is 9.32. The standard InChI is InChI=1S/C15H22N4/c1-11-7-15(14(8-16)12(2)17-11)19(4)10-13-5-6-18(3)9-13/h7,13H,5-6,9-10H2,1-4H3. The topological polar surface area (TPSA) is 43.2 Å². The third-order valence-corrected chi connectivity index (χ3v) is 3.85. The van der Waals surface area contributed by atoms with Crippen LogP contribution in [0.15, 0.2) is 6.07 Å². The first kappa shape index (κ1) is 13.8. The summed E-state index contributed by atoms with van der Waals surface area (Å²) < 4.78 is 0. The van der Waals surface area contributed by atoms with Crippen molar-refractivity contribution in [2.24, 2.45) is 5.92 Å². The van der Waals surface area contributed by atoms with Gasteiger partial charge >= 0.3 is 0 Å². The molecule has 19 heavy (non-hydrogen) atoms. The van der Waals surface area contributed by atoms with E-state index in [1.165, 1.54) is 13.0 Å². The predicted octanol–water partition coefficient (Wildman–Crippen LogP) is 1.96. The smallest absolute Gasteiger partial charge is 0.103 e. The molecule has 0 saturated carbocycles. The van der Waals surface area contributed by atoms with Gasteiger partial charge in [0.2, 0.25) is 0 Å². The molecule has 1 aromatic rings. The van der Waals surface area contributed by atoms with Crippen molar-refractivity contribution in [3.63, 3.8) is 0 Å². The average Bonchev–Trinajstić information content (AvgIpc) is 2.73. The predicted molar refractivity (Wildman–Crippen MR) is 77.3 cm³/mol. The molecule has 0 spiro atoms. The van der Waals surface area contributed by atoms with Crippen molar-refractivity contribution < 1.29 is 0 Å². The molecule has 0 radical (unpaired) electrons. The number of nitrogens with zero attached hydrogens (tertiary/aromatic N) is 4. The van der Waals surface area contributed by atoms with Gasteiger partial charge < -0.3 is 9.80 Å². The molecule has 1 aliphatic heterocycles. The number of nitriles is 1. The lowest BCUT2D eigenvalue weighted by Gasteiger charge is -2.25. The molecule has 1 fully saturated rings. The Morgan fingerprint density at radius 3 is 2.84 bits per heavy atom. The Morgan fingerprint density at radius 2 is 2.26 bits per heavy atom. The van der Waals surface area contributed by atoms with Crippen molar-refractivity contribution in [2.45, 2.75) is 20.3 Å². The summed E-state index contributed by atoms with van der Waals surface area (Å²) in [6, 6.07) is 4.31. The summed E-state index contributed by atoms with van der Waals surface area (Å²) in [5.74, 6) is 0.690. The maximum Gasteiger partial charge on any atom is 0.103 e. The van der Waals surface area contributed by atoms with Gasteiger partial charge in [0, 0.05) is 25.8 Å². The van der Waals surface area contributed by atoms with Crippen LogP contribution >= 0.6 is 0 Å².